The number of esters is 2. The summed E-state index contributed by atoms with van der Waals surface area (Å²) in [6.07, 6.45) is -0.127. The predicted octanol–water partition coefficient (Wildman–Crippen LogP) is 2.39. The highest BCUT2D eigenvalue weighted by atomic mass is 16.5. The minimum absolute atomic E-state index is 0.122. The molecule has 0 bridgehead atoms. The lowest BCUT2D eigenvalue weighted by molar-refractivity contribution is -0.127. The smallest absolute Gasteiger partial charge is 0.338 e. The Morgan fingerprint density at radius 3 is 2.04 bits per heavy atom. The molecular weight excluding hydrogens is 362 g/mol. The van der Waals surface area contributed by atoms with E-state index in [1.807, 2.05) is 30.3 Å². The van der Waals surface area contributed by atoms with Gasteiger partial charge < -0.3 is 19.5 Å². The molecule has 0 spiro atoms. The average Bonchev–Trinajstić information content (AvgIpc) is 2.72. The molecule has 1 atom stereocenters. The van der Waals surface area contributed by atoms with Gasteiger partial charge >= 0.3 is 11.9 Å². The third-order valence-corrected chi connectivity index (χ3v) is 3.99. The van der Waals surface area contributed by atoms with Gasteiger partial charge in [0, 0.05) is 6.54 Å². The maximum atomic E-state index is 12.3. The fourth-order valence-electron chi connectivity index (χ4n) is 2.51. The van der Waals surface area contributed by atoms with Crippen LogP contribution in [0, 0.1) is 0 Å². The molecule has 0 aliphatic rings. The number of ether oxygens (including phenoxy) is 3. The van der Waals surface area contributed by atoms with Gasteiger partial charge in [-0.1, -0.05) is 30.3 Å². The summed E-state index contributed by atoms with van der Waals surface area (Å²) in [6, 6.07) is 13.9. The van der Waals surface area contributed by atoms with Crippen LogP contribution in [0.5, 0.6) is 5.75 Å². The zero-order chi connectivity index (χ0) is 20.5. The molecule has 2 aromatic rings. The number of nitrogens with one attached hydrogen (secondary N) is 1. The summed E-state index contributed by atoms with van der Waals surface area (Å²) >= 11 is 0. The van der Waals surface area contributed by atoms with Crippen molar-refractivity contribution in [3.8, 4) is 5.75 Å². The Labute approximate surface area is 163 Å². The van der Waals surface area contributed by atoms with Crippen molar-refractivity contribution in [2.75, 3.05) is 20.8 Å². The van der Waals surface area contributed by atoms with Gasteiger partial charge in [0.1, 0.15) is 5.75 Å². The van der Waals surface area contributed by atoms with E-state index in [-0.39, 0.29) is 22.8 Å². The molecule has 0 saturated heterocycles. The highest BCUT2D eigenvalue weighted by Crippen LogP contribution is 2.20. The lowest BCUT2D eigenvalue weighted by Gasteiger charge is -2.16. The van der Waals surface area contributed by atoms with Crippen molar-refractivity contribution in [1.29, 1.82) is 0 Å². The van der Waals surface area contributed by atoms with Crippen LogP contribution in [0.1, 0.15) is 33.2 Å². The first kappa shape index (κ1) is 21.0. The van der Waals surface area contributed by atoms with Crippen LogP contribution in [-0.2, 0) is 20.7 Å². The lowest BCUT2D eigenvalue weighted by Crippen LogP contribution is -2.37. The molecule has 28 heavy (non-hydrogen) atoms. The van der Waals surface area contributed by atoms with Crippen molar-refractivity contribution in [1.82, 2.24) is 5.32 Å². The van der Waals surface area contributed by atoms with Crippen molar-refractivity contribution in [3.63, 3.8) is 0 Å². The first-order valence-corrected chi connectivity index (χ1v) is 8.74. The molecule has 2 aromatic carbocycles. The molecule has 0 radical (unpaired) electrons. The third kappa shape index (κ3) is 5.84. The molecule has 0 unspecified atom stereocenters. The Morgan fingerprint density at radius 2 is 1.50 bits per heavy atom. The summed E-state index contributed by atoms with van der Waals surface area (Å²) in [4.78, 5) is 35.9. The first-order valence-electron chi connectivity index (χ1n) is 8.74. The maximum absolute atomic E-state index is 12.3. The monoisotopic (exact) mass is 385 g/mol. The number of hydrogen-bond donors (Lipinski definition) is 1. The van der Waals surface area contributed by atoms with Crippen LogP contribution in [-0.4, -0.2) is 44.7 Å². The highest BCUT2D eigenvalue weighted by Gasteiger charge is 2.18. The zero-order valence-electron chi connectivity index (χ0n) is 16.1. The molecule has 1 N–H and O–H groups in total. The Bertz CT molecular complexity index is 800. The number of methoxy groups -OCH3 is 2. The molecule has 1 amide bonds. The van der Waals surface area contributed by atoms with Crippen LogP contribution in [0.3, 0.4) is 0 Å². The maximum Gasteiger partial charge on any atom is 0.338 e. The molecule has 7 nitrogen and oxygen atoms in total. The topological polar surface area (TPSA) is 90.9 Å². The fourth-order valence-corrected chi connectivity index (χ4v) is 2.51. The molecule has 0 aliphatic heterocycles. The van der Waals surface area contributed by atoms with Crippen LogP contribution in [0.2, 0.25) is 0 Å². The van der Waals surface area contributed by atoms with E-state index < -0.39 is 18.0 Å². The van der Waals surface area contributed by atoms with Gasteiger partial charge in [-0.05, 0) is 37.1 Å². The van der Waals surface area contributed by atoms with Gasteiger partial charge in [-0.2, -0.15) is 0 Å². The fraction of sp³-hybridized carbons (Fsp3) is 0.286. The standard InChI is InChI=1S/C21H23NO6/c1-14(19(23)22-10-9-15-7-5-4-6-8-15)28-18-12-16(20(24)26-2)11-17(13-18)21(25)27-3/h4-8,11-14H,9-10H2,1-3H3,(H,22,23)/t14-/m1/s1. The lowest BCUT2D eigenvalue weighted by atomic mass is 10.1. The van der Waals surface area contributed by atoms with Crippen molar-refractivity contribution < 1.29 is 28.6 Å². The van der Waals surface area contributed by atoms with E-state index in [0.29, 0.717) is 13.0 Å². The highest BCUT2D eigenvalue weighted by molar-refractivity contribution is 5.96. The van der Waals surface area contributed by atoms with Crippen LogP contribution < -0.4 is 10.1 Å². The largest absolute Gasteiger partial charge is 0.481 e. The SMILES string of the molecule is COC(=O)c1cc(O[C@H](C)C(=O)NCCc2ccccc2)cc(C(=O)OC)c1. The molecule has 0 fully saturated rings. The van der Waals surface area contributed by atoms with Crippen molar-refractivity contribution >= 4 is 17.8 Å². The van der Waals surface area contributed by atoms with E-state index in [1.165, 1.54) is 32.4 Å². The number of carbonyl (C=O) groups is 3. The summed E-state index contributed by atoms with van der Waals surface area (Å²) in [5.41, 5.74) is 1.36. The van der Waals surface area contributed by atoms with Crippen LogP contribution in [0.15, 0.2) is 48.5 Å². The number of rotatable bonds is 8. The van der Waals surface area contributed by atoms with E-state index in [0.717, 1.165) is 5.56 Å². The third-order valence-electron chi connectivity index (χ3n) is 3.99. The van der Waals surface area contributed by atoms with E-state index >= 15 is 0 Å². The van der Waals surface area contributed by atoms with Gasteiger partial charge in [-0.15, -0.1) is 0 Å². The van der Waals surface area contributed by atoms with Crippen molar-refractivity contribution in [2.24, 2.45) is 0 Å². The molecule has 0 aliphatic carbocycles. The summed E-state index contributed by atoms with van der Waals surface area (Å²) < 4.78 is 15.0. The van der Waals surface area contributed by atoms with Crippen molar-refractivity contribution in [3.05, 3.63) is 65.2 Å². The van der Waals surface area contributed by atoms with E-state index in [9.17, 15) is 14.4 Å². The summed E-state index contributed by atoms with van der Waals surface area (Å²) in [5, 5.41) is 2.80. The summed E-state index contributed by atoms with van der Waals surface area (Å²) in [5.74, 6) is -1.38. The first-order chi connectivity index (χ1) is 13.4. The van der Waals surface area contributed by atoms with Gasteiger partial charge in [0.2, 0.25) is 0 Å². The number of carbonyl (C=O) groups excluding carboxylic acids is 3. The second kappa shape index (κ2) is 10.1. The molecule has 0 aromatic heterocycles. The normalized spacial score (nSPS) is 11.2. The van der Waals surface area contributed by atoms with Gasteiger partial charge in [-0.25, -0.2) is 9.59 Å². The Kier molecular flexibility index (Phi) is 7.56. The molecule has 0 saturated carbocycles. The van der Waals surface area contributed by atoms with Crippen LogP contribution in [0.25, 0.3) is 0 Å². The van der Waals surface area contributed by atoms with Crippen LogP contribution in [0.4, 0.5) is 0 Å². The molecule has 148 valence electrons. The van der Waals surface area contributed by atoms with Gasteiger partial charge in [0.05, 0.1) is 25.3 Å². The minimum atomic E-state index is -0.825. The zero-order valence-corrected chi connectivity index (χ0v) is 16.1. The Hall–Kier alpha value is -3.35. The minimum Gasteiger partial charge on any atom is -0.481 e. The second-order valence-corrected chi connectivity index (χ2v) is 6.02. The van der Waals surface area contributed by atoms with Gasteiger partial charge in [0.15, 0.2) is 6.10 Å². The van der Waals surface area contributed by atoms with E-state index in [1.54, 1.807) is 6.92 Å². The number of amides is 1. The number of benzene rings is 2. The Morgan fingerprint density at radius 1 is 0.929 bits per heavy atom. The average molecular weight is 385 g/mol. The summed E-state index contributed by atoms with van der Waals surface area (Å²) in [6.45, 7) is 2.05. The second-order valence-electron chi connectivity index (χ2n) is 6.02. The van der Waals surface area contributed by atoms with Crippen molar-refractivity contribution in [2.45, 2.75) is 19.4 Å². The molecule has 2 rings (SSSR count). The molecule has 0 heterocycles. The number of hydrogen-bond acceptors (Lipinski definition) is 6. The molecular formula is C21H23NO6. The molecule has 7 heteroatoms. The Balaban J connectivity index is 2.02. The van der Waals surface area contributed by atoms with Gasteiger partial charge in [-0.3, -0.25) is 4.79 Å². The van der Waals surface area contributed by atoms with Gasteiger partial charge in [0.25, 0.3) is 5.91 Å². The summed E-state index contributed by atoms with van der Waals surface area (Å²) in [7, 11) is 2.47. The van der Waals surface area contributed by atoms with E-state index in [2.05, 4.69) is 14.8 Å². The predicted molar refractivity (Wildman–Crippen MR) is 102 cm³/mol. The quantitative estimate of drug-likeness (QED) is 0.702. The van der Waals surface area contributed by atoms with E-state index in [4.69, 9.17) is 4.74 Å². The van der Waals surface area contributed by atoms with Crippen LogP contribution >= 0.6 is 0 Å².